The highest BCUT2D eigenvalue weighted by Gasteiger charge is 2.18. The lowest BCUT2D eigenvalue weighted by molar-refractivity contribution is 0.0972. The molecule has 0 aromatic carbocycles. The molecule has 1 aliphatic heterocycles. The average Bonchev–Trinajstić information content (AvgIpc) is 3.01. The van der Waals surface area contributed by atoms with E-state index < -0.39 is 0 Å². The Hall–Kier alpha value is -4.22. The lowest BCUT2D eigenvalue weighted by Crippen LogP contribution is -2.20. The van der Waals surface area contributed by atoms with Gasteiger partial charge in [0.1, 0.15) is 0 Å². The van der Waals surface area contributed by atoms with Crippen molar-refractivity contribution in [3.63, 3.8) is 0 Å². The van der Waals surface area contributed by atoms with Gasteiger partial charge in [-0.25, -0.2) is 19.9 Å². The maximum absolute atomic E-state index is 13.2. The Morgan fingerprint density at radius 3 is 1.39 bits per heavy atom. The highest BCUT2D eigenvalue weighted by molar-refractivity contribution is 5.98. The molecule has 4 aromatic heterocycles. The highest BCUT2D eigenvalue weighted by Crippen LogP contribution is 2.24. The van der Waals surface area contributed by atoms with Gasteiger partial charge in [0.25, 0.3) is 0 Å². The third-order valence-corrected chi connectivity index (χ3v) is 7.48. The molecule has 5 heterocycles. The number of nitrogens with two attached hydrogens (primary N) is 2. The van der Waals surface area contributed by atoms with Crippen molar-refractivity contribution in [2.45, 2.75) is 51.9 Å². The number of carbonyl (C=O) groups is 2. The number of fused-ring (bicyclic) bond motifs is 10. The van der Waals surface area contributed by atoms with Crippen LogP contribution in [0.4, 0.5) is 0 Å². The van der Waals surface area contributed by atoms with Crippen LogP contribution in [0.15, 0.2) is 60.7 Å². The lowest BCUT2D eigenvalue weighted by atomic mass is 10.0. The van der Waals surface area contributed by atoms with Crippen LogP contribution in [0.5, 0.6) is 0 Å². The molecule has 44 heavy (non-hydrogen) atoms. The van der Waals surface area contributed by atoms with E-state index in [1.807, 2.05) is 62.6 Å². The fourth-order valence-electron chi connectivity index (χ4n) is 5.37. The number of hydrogen-bond donors (Lipinski definition) is 2. The molecule has 0 radical (unpaired) electrons. The molecule has 1 aliphatic rings. The number of nitrogens with zero attached hydrogens (tertiary/aromatic N) is 6. The van der Waals surface area contributed by atoms with Crippen molar-refractivity contribution in [3.05, 3.63) is 94.6 Å². The maximum Gasteiger partial charge on any atom is 0.163 e. The van der Waals surface area contributed by atoms with Crippen LogP contribution in [-0.2, 0) is 26.2 Å². The molecule has 0 saturated heterocycles. The summed E-state index contributed by atoms with van der Waals surface area (Å²) in [6.45, 7) is 2.99. The van der Waals surface area contributed by atoms with Gasteiger partial charge in [-0.15, -0.1) is 0 Å². The number of Topliss-reactive ketones (excluding diaryl/α,β-unsaturated/α-hetero) is 2. The molecule has 10 heteroatoms. The van der Waals surface area contributed by atoms with E-state index in [0.717, 1.165) is 34.2 Å². The number of hydrogen-bond acceptors (Lipinski definition) is 10. The van der Waals surface area contributed by atoms with Gasteiger partial charge in [0.2, 0.25) is 0 Å². The summed E-state index contributed by atoms with van der Waals surface area (Å²) < 4.78 is 0. The first-order chi connectivity index (χ1) is 21.3. The van der Waals surface area contributed by atoms with E-state index in [0.29, 0.717) is 87.5 Å². The average molecular weight is 593 g/mol. The third kappa shape index (κ3) is 8.03. The monoisotopic (exact) mass is 592 g/mol. The van der Waals surface area contributed by atoms with E-state index >= 15 is 0 Å². The molecule has 0 spiro atoms. The van der Waals surface area contributed by atoms with E-state index in [4.69, 9.17) is 31.4 Å². The molecule has 0 fully saturated rings. The summed E-state index contributed by atoms with van der Waals surface area (Å²) in [6.07, 6.45) is 1.90. The Morgan fingerprint density at radius 1 is 0.591 bits per heavy atom. The van der Waals surface area contributed by atoms with Crippen LogP contribution in [-0.4, -0.2) is 68.5 Å². The molecule has 8 bridgehead atoms. The molecule has 5 rings (SSSR count). The van der Waals surface area contributed by atoms with Crippen molar-refractivity contribution < 1.29 is 9.59 Å². The van der Waals surface area contributed by atoms with Gasteiger partial charge in [0.15, 0.2) is 11.6 Å². The first-order valence-corrected chi connectivity index (χ1v) is 15.1. The van der Waals surface area contributed by atoms with Crippen LogP contribution >= 0.6 is 0 Å². The number of ketones is 2. The summed E-state index contributed by atoms with van der Waals surface area (Å²) >= 11 is 0. The molecule has 0 atom stereocenters. The highest BCUT2D eigenvalue weighted by atomic mass is 16.1. The molecule has 0 amide bonds. The SMILES string of the molecule is CN1Cc2cccc(n2)-c2cccc(n2)CN(C)Cc2cc(C(=O)CCCN)cc(n2)-c2cc(C(=O)CCCN)cc(n2)C1. The maximum atomic E-state index is 13.2. The van der Waals surface area contributed by atoms with E-state index in [9.17, 15) is 9.59 Å². The van der Waals surface area contributed by atoms with E-state index in [-0.39, 0.29) is 11.6 Å². The number of rotatable bonds is 8. The van der Waals surface area contributed by atoms with E-state index in [1.54, 1.807) is 12.1 Å². The Kier molecular flexibility index (Phi) is 10.3. The summed E-state index contributed by atoms with van der Waals surface area (Å²) in [5.74, 6) is 0.00609. The largest absolute Gasteiger partial charge is 0.330 e. The van der Waals surface area contributed by atoms with Crippen LogP contribution in [0.3, 0.4) is 0 Å². The lowest BCUT2D eigenvalue weighted by Gasteiger charge is -2.19. The smallest absolute Gasteiger partial charge is 0.163 e. The van der Waals surface area contributed by atoms with Gasteiger partial charge in [0.05, 0.1) is 45.6 Å². The van der Waals surface area contributed by atoms with Gasteiger partial charge in [0, 0.05) is 50.1 Å². The summed E-state index contributed by atoms with van der Waals surface area (Å²) in [5, 5.41) is 0. The molecular weight excluding hydrogens is 552 g/mol. The third-order valence-electron chi connectivity index (χ3n) is 7.48. The molecule has 0 unspecified atom stereocenters. The number of pyridine rings is 4. The minimum atomic E-state index is 0.00305. The van der Waals surface area contributed by atoms with Crippen molar-refractivity contribution in [1.82, 2.24) is 29.7 Å². The zero-order valence-corrected chi connectivity index (χ0v) is 25.5. The second-order valence-electron chi connectivity index (χ2n) is 11.5. The van der Waals surface area contributed by atoms with Crippen molar-refractivity contribution in [3.8, 4) is 22.8 Å². The molecule has 10 nitrogen and oxygen atoms in total. The number of aromatic nitrogens is 4. The standard InChI is InChI=1S/C34H40N8O2/c1-41-19-25-7-3-9-29(37-25)30-10-4-8-26(38-30)20-42(2)22-28-16-24(34(44)12-6-14-36)18-32(40-28)31-17-23(15-27(21-41)39-31)33(43)11-5-13-35/h3-4,7-10,15-18H,5-6,11-14,19-22,35-36H2,1-2H3. The van der Waals surface area contributed by atoms with Gasteiger partial charge in [-0.1, -0.05) is 12.1 Å². The van der Waals surface area contributed by atoms with Crippen LogP contribution in [0.25, 0.3) is 22.8 Å². The molecular formula is C34H40N8O2. The van der Waals surface area contributed by atoms with Crippen LogP contribution < -0.4 is 11.5 Å². The summed E-state index contributed by atoms with van der Waals surface area (Å²) in [7, 11) is 4.00. The predicted octanol–water partition coefficient (Wildman–Crippen LogP) is 4.02. The molecule has 228 valence electrons. The fourth-order valence-corrected chi connectivity index (χ4v) is 5.37. The van der Waals surface area contributed by atoms with Gasteiger partial charge >= 0.3 is 0 Å². The topological polar surface area (TPSA) is 144 Å². The van der Waals surface area contributed by atoms with Crippen molar-refractivity contribution in [2.75, 3.05) is 27.2 Å². The zero-order chi connectivity index (χ0) is 31.1. The Morgan fingerprint density at radius 2 is 0.977 bits per heavy atom. The second-order valence-corrected chi connectivity index (χ2v) is 11.5. The summed E-state index contributed by atoms with van der Waals surface area (Å²) in [5.41, 5.74) is 18.5. The minimum absolute atomic E-state index is 0.00305. The predicted molar refractivity (Wildman–Crippen MR) is 171 cm³/mol. The molecule has 0 aliphatic carbocycles. The number of carbonyl (C=O) groups excluding carboxylic acids is 2. The fraction of sp³-hybridized carbons (Fsp3) is 0.353. The Labute approximate surface area is 258 Å². The van der Waals surface area contributed by atoms with Crippen molar-refractivity contribution >= 4 is 11.6 Å². The van der Waals surface area contributed by atoms with Crippen molar-refractivity contribution in [2.24, 2.45) is 11.5 Å². The normalized spacial score (nSPS) is 14.1. The van der Waals surface area contributed by atoms with Gasteiger partial charge < -0.3 is 11.5 Å². The molecule has 0 saturated carbocycles. The van der Waals surface area contributed by atoms with E-state index in [2.05, 4.69) is 9.80 Å². The minimum Gasteiger partial charge on any atom is -0.330 e. The second kappa shape index (κ2) is 14.5. The van der Waals surface area contributed by atoms with Gasteiger partial charge in [-0.05, 0) is 88.6 Å². The molecule has 4 aromatic rings. The Bertz CT molecular complexity index is 1520. The van der Waals surface area contributed by atoms with Gasteiger partial charge in [-0.3, -0.25) is 19.4 Å². The molecule has 4 N–H and O–H groups in total. The van der Waals surface area contributed by atoms with Gasteiger partial charge in [-0.2, -0.15) is 0 Å². The first kappa shape index (κ1) is 31.2. The van der Waals surface area contributed by atoms with E-state index in [1.165, 1.54) is 0 Å². The summed E-state index contributed by atoms with van der Waals surface area (Å²) in [4.78, 5) is 50.4. The zero-order valence-electron chi connectivity index (χ0n) is 25.5. The Balaban J connectivity index is 1.62. The first-order valence-electron chi connectivity index (χ1n) is 15.1. The van der Waals surface area contributed by atoms with Crippen molar-refractivity contribution in [1.29, 1.82) is 0 Å². The van der Waals surface area contributed by atoms with Crippen LogP contribution in [0.2, 0.25) is 0 Å². The quantitative estimate of drug-likeness (QED) is 0.288. The summed E-state index contributed by atoms with van der Waals surface area (Å²) in [6, 6.07) is 19.2. The van der Waals surface area contributed by atoms with Crippen LogP contribution in [0, 0.1) is 0 Å². The van der Waals surface area contributed by atoms with Crippen LogP contribution in [0.1, 0.15) is 69.2 Å².